The first-order valence-corrected chi connectivity index (χ1v) is 12.0. The van der Waals surface area contributed by atoms with Crippen LogP contribution in [0.4, 0.5) is 0 Å². The number of rotatable bonds is 7. The second-order valence-electron chi connectivity index (χ2n) is 7.05. The van der Waals surface area contributed by atoms with Gasteiger partial charge in [-0.2, -0.15) is 0 Å². The molecule has 2 fully saturated rings. The van der Waals surface area contributed by atoms with E-state index in [1.54, 1.807) is 24.8 Å². The molecule has 0 bridgehead atoms. The van der Waals surface area contributed by atoms with Gasteiger partial charge >= 0.3 is 5.97 Å². The van der Waals surface area contributed by atoms with Crippen LogP contribution in [0, 0.1) is 0 Å². The summed E-state index contributed by atoms with van der Waals surface area (Å²) in [4.78, 5) is 20.1. The molecule has 0 radical (unpaired) electrons. The van der Waals surface area contributed by atoms with Gasteiger partial charge in [0.05, 0.1) is 29.0 Å². The Hall–Kier alpha value is -1.57. The van der Waals surface area contributed by atoms with Crippen LogP contribution in [-0.2, 0) is 11.3 Å². The van der Waals surface area contributed by atoms with Crippen molar-refractivity contribution in [3.63, 3.8) is 0 Å². The summed E-state index contributed by atoms with van der Waals surface area (Å²) >= 11 is 3.60. The van der Waals surface area contributed by atoms with Gasteiger partial charge < -0.3 is 9.84 Å². The molecule has 0 unspecified atom stereocenters. The predicted molar refractivity (Wildman–Crippen MR) is 117 cm³/mol. The average Bonchev–Trinajstić information content (AvgIpc) is 2.69. The number of thioether (sulfide) groups is 2. The van der Waals surface area contributed by atoms with Crippen LogP contribution in [0.5, 0.6) is 0 Å². The van der Waals surface area contributed by atoms with E-state index < -0.39 is 0 Å². The molecule has 2 aliphatic carbocycles. The Morgan fingerprint density at radius 2 is 1.59 bits per heavy atom. The van der Waals surface area contributed by atoms with Crippen molar-refractivity contribution >= 4 is 29.5 Å². The van der Waals surface area contributed by atoms with Crippen molar-refractivity contribution in [3.05, 3.63) is 47.8 Å². The fourth-order valence-electron chi connectivity index (χ4n) is 2.73. The van der Waals surface area contributed by atoms with Gasteiger partial charge in [-0.1, -0.05) is 25.0 Å². The summed E-state index contributed by atoms with van der Waals surface area (Å²) in [5, 5.41) is 12.3. The summed E-state index contributed by atoms with van der Waals surface area (Å²) in [7, 11) is 0. The van der Waals surface area contributed by atoms with E-state index in [1.807, 2.05) is 42.1 Å². The van der Waals surface area contributed by atoms with Crippen molar-refractivity contribution in [1.29, 1.82) is 0 Å². The molecular formula is C22H28N2O3S2. The van der Waals surface area contributed by atoms with E-state index in [9.17, 15) is 4.79 Å². The summed E-state index contributed by atoms with van der Waals surface area (Å²) in [6, 6.07) is 11.3. The third kappa shape index (κ3) is 7.01. The summed E-state index contributed by atoms with van der Waals surface area (Å²) in [5.41, 5.74) is 1.18. The quantitative estimate of drug-likeness (QED) is 0.609. The highest BCUT2D eigenvalue weighted by Gasteiger charge is 2.20. The zero-order valence-corrected chi connectivity index (χ0v) is 18.4. The lowest BCUT2D eigenvalue weighted by atomic mass is 10.0. The van der Waals surface area contributed by atoms with Crippen LogP contribution in [0.2, 0.25) is 0 Å². The van der Waals surface area contributed by atoms with E-state index in [0.29, 0.717) is 17.6 Å². The second kappa shape index (κ2) is 11.6. The summed E-state index contributed by atoms with van der Waals surface area (Å²) in [5.74, 6) is -0.335. The first kappa shape index (κ1) is 22.1. The first-order chi connectivity index (χ1) is 14.2. The molecule has 29 heavy (non-hydrogen) atoms. The summed E-state index contributed by atoms with van der Waals surface area (Å²) in [6.45, 7) is 2.23. The van der Waals surface area contributed by atoms with Crippen LogP contribution in [0.3, 0.4) is 0 Å². The SMILES string of the molecule is CCOC(=O)c1cccc(SC2CCC2)n1.OCc1cccc(SC2CCC2)n1. The number of esters is 1. The Bertz CT molecular complexity index is 795. The molecule has 1 N–H and O–H groups in total. The van der Waals surface area contributed by atoms with Gasteiger partial charge in [0.2, 0.25) is 0 Å². The molecule has 2 aromatic rings. The van der Waals surface area contributed by atoms with Crippen molar-refractivity contribution in [2.75, 3.05) is 6.61 Å². The topological polar surface area (TPSA) is 72.3 Å². The van der Waals surface area contributed by atoms with Crippen molar-refractivity contribution in [2.45, 2.75) is 72.6 Å². The fraction of sp³-hybridized carbons (Fsp3) is 0.500. The molecule has 2 aromatic heterocycles. The van der Waals surface area contributed by atoms with Gasteiger partial charge in [-0.15, -0.1) is 23.5 Å². The lowest BCUT2D eigenvalue weighted by Gasteiger charge is -2.23. The number of pyridine rings is 2. The summed E-state index contributed by atoms with van der Waals surface area (Å²) in [6.07, 6.45) is 7.82. The Balaban J connectivity index is 0.000000169. The van der Waals surface area contributed by atoms with Crippen LogP contribution in [0.25, 0.3) is 0 Å². The molecule has 156 valence electrons. The molecule has 5 nitrogen and oxygen atoms in total. The fourth-order valence-corrected chi connectivity index (χ4v) is 5.19. The molecule has 2 aliphatic rings. The number of carbonyl (C=O) groups excluding carboxylic acids is 1. The van der Waals surface area contributed by atoms with E-state index in [2.05, 4.69) is 9.97 Å². The lowest BCUT2D eigenvalue weighted by Crippen LogP contribution is -2.13. The molecule has 4 rings (SSSR count). The van der Waals surface area contributed by atoms with Gasteiger partial charge in [-0.05, 0) is 56.9 Å². The molecule has 0 aliphatic heterocycles. The average molecular weight is 433 g/mol. The zero-order valence-electron chi connectivity index (χ0n) is 16.8. The highest BCUT2D eigenvalue weighted by molar-refractivity contribution is 8.00. The van der Waals surface area contributed by atoms with Crippen LogP contribution in [0.15, 0.2) is 46.5 Å². The van der Waals surface area contributed by atoms with E-state index in [0.717, 1.165) is 21.0 Å². The molecular weight excluding hydrogens is 404 g/mol. The van der Waals surface area contributed by atoms with Crippen LogP contribution in [-0.4, -0.2) is 38.2 Å². The monoisotopic (exact) mass is 432 g/mol. The number of aliphatic hydroxyl groups is 1. The maximum Gasteiger partial charge on any atom is 0.356 e. The third-order valence-electron chi connectivity index (χ3n) is 4.83. The van der Waals surface area contributed by atoms with E-state index in [4.69, 9.17) is 9.84 Å². The number of aromatic nitrogens is 2. The number of nitrogens with zero attached hydrogens (tertiary/aromatic N) is 2. The van der Waals surface area contributed by atoms with Crippen molar-refractivity contribution in [2.24, 2.45) is 0 Å². The smallest absolute Gasteiger partial charge is 0.356 e. The van der Waals surface area contributed by atoms with Crippen LogP contribution in [0.1, 0.15) is 61.6 Å². The van der Waals surface area contributed by atoms with E-state index in [-0.39, 0.29) is 12.6 Å². The Morgan fingerprint density at radius 1 is 1.00 bits per heavy atom. The Morgan fingerprint density at radius 3 is 2.10 bits per heavy atom. The second-order valence-corrected chi connectivity index (χ2v) is 9.69. The van der Waals surface area contributed by atoms with Gasteiger partial charge in [0, 0.05) is 10.5 Å². The van der Waals surface area contributed by atoms with E-state index in [1.165, 1.54) is 38.5 Å². The number of ether oxygens (including phenoxy) is 1. The van der Waals surface area contributed by atoms with Crippen molar-refractivity contribution in [3.8, 4) is 0 Å². The van der Waals surface area contributed by atoms with Crippen LogP contribution < -0.4 is 0 Å². The normalized spacial score (nSPS) is 16.2. The molecule has 0 spiro atoms. The number of hydrogen-bond donors (Lipinski definition) is 1. The Labute approximate surface area is 181 Å². The molecule has 0 aromatic carbocycles. The highest BCUT2D eigenvalue weighted by Crippen LogP contribution is 2.36. The maximum absolute atomic E-state index is 11.5. The summed E-state index contributed by atoms with van der Waals surface area (Å²) < 4.78 is 4.92. The Kier molecular flexibility index (Phi) is 8.83. The van der Waals surface area contributed by atoms with E-state index >= 15 is 0 Å². The molecule has 2 heterocycles. The van der Waals surface area contributed by atoms with Crippen molar-refractivity contribution < 1.29 is 14.6 Å². The van der Waals surface area contributed by atoms with Crippen LogP contribution >= 0.6 is 23.5 Å². The standard InChI is InChI=1S/C12H15NO2S.C10H13NOS/c1-2-15-12(14)10-7-4-8-11(13-10)16-9-5-3-6-9;12-7-8-3-1-6-10(11-8)13-9-4-2-5-9/h4,7-9H,2-3,5-6H2,1H3;1,3,6,9,12H,2,4-5,7H2. The number of aliphatic hydroxyl groups excluding tert-OH is 1. The molecule has 0 saturated heterocycles. The van der Waals surface area contributed by atoms with Gasteiger partial charge in [-0.3, -0.25) is 0 Å². The molecule has 2 saturated carbocycles. The molecule has 7 heteroatoms. The van der Waals surface area contributed by atoms with Crippen molar-refractivity contribution in [1.82, 2.24) is 9.97 Å². The number of hydrogen-bond acceptors (Lipinski definition) is 7. The van der Waals surface area contributed by atoms with Gasteiger partial charge in [0.25, 0.3) is 0 Å². The minimum Gasteiger partial charge on any atom is -0.461 e. The largest absolute Gasteiger partial charge is 0.461 e. The van der Waals surface area contributed by atoms with Gasteiger partial charge in [-0.25, -0.2) is 14.8 Å². The third-order valence-corrected chi connectivity index (χ3v) is 7.38. The number of carbonyl (C=O) groups is 1. The minimum atomic E-state index is -0.335. The molecule has 0 amide bonds. The molecule has 0 atom stereocenters. The minimum absolute atomic E-state index is 0.0407. The predicted octanol–water partition coefficient (Wildman–Crippen LogP) is 5.12. The zero-order chi connectivity index (χ0) is 20.5. The van der Waals surface area contributed by atoms with Gasteiger partial charge in [0.1, 0.15) is 5.69 Å². The maximum atomic E-state index is 11.5. The first-order valence-electron chi connectivity index (χ1n) is 10.2. The highest BCUT2D eigenvalue weighted by atomic mass is 32.2. The lowest BCUT2D eigenvalue weighted by molar-refractivity contribution is 0.0518. The van der Waals surface area contributed by atoms with Gasteiger partial charge in [0.15, 0.2) is 0 Å².